The van der Waals surface area contributed by atoms with Gasteiger partial charge in [-0.2, -0.15) is 0 Å². The summed E-state index contributed by atoms with van der Waals surface area (Å²) in [7, 11) is 0. The number of benzene rings is 2. The average Bonchev–Trinajstić information content (AvgIpc) is 2.77. The monoisotopic (exact) mass is 269 g/mol. The molecule has 0 spiro atoms. The normalized spacial score (nSPS) is 11.2. The zero-order chi connectivity index (χ0) is 14.1. The SMILES string of the molecule is Cc1nc2ccccc2n1Cc1ccc(F)cc1CN. The van der Waals surface area contributed by atoms with E-state index >= 15 is 0 Å². The van der Waals surface area contributed by atoms with E-state index < -0.39 is 0 Å². The Balaban J connectivity index is 2.07. The smallest absolute Gasteiger partial charge is 0.123 e. The lowest BCUT2D eigenvalue weighted by atomic mass is 10.1. The number of rotatable bonds is 3. The number of nitrogens with zero attached hydrogens (tertiary/aromatic N) is 2. The van der Waals surface area contributed by atoms with E-state index in [1.807, 2.05) is 31.2 Å². The van der Waals surface area contributed by atoms with Gasteiger partial charge < -0.3 is 10.3 Å². The molecule has 3 nitrogen and oxygen atoms in total. The largest absolute Gasteiger partial charge is 0.326 e. The van der Waals surface area contributed by atoms with Crippen LogP contribution in [0, 0.1) is 12.7 Å². The van der Waals surface area contributed by atoms with Gasteiger partial charge in [-0.15, -0.1) is 0 Å². The summed E-state index contributed by atoms with van der Waals surface area (Å²) in [5.74, 6) is 0.694. The highest BCUT2D eigenvalue weighted by molar-refractivity contribution is 5.76. The van der Waals surface area contributed by atoms with Crippen molar-refractivity contribution in [3.63, 3.8) is 0 Å². The molecule has 0 fully saturated rings. The van der Waals surface area contributed by atoms with Gasteiger partial charge in [-0.25, -0.2) is 9.37 Å². The number of nitrogens with two attached hydrogens (primary N) is 1. The van der Waals surface area contributed by atoms with E-state index in [2.05, 4.69) is 9.55 Å². The molecule has 1 aromatic heterocycles. The molecule has 0 atom stereocenters. The van der Waals surface area contributed by atoms with E-state index in [0.717, 1.165) is 28.0 Å². The third-order valence-electron chi connectivity index (χ3n) is 3.56. The van der Waals surface area contributed by atoms with Crippen LogP contribution in [0.15, 0.2) is 42.5 Å². The Labute approximate surface area is 116 Å². The highest BCUT2D eigenvalue weighted by Gasteiger charge is 2.09. The van der Waals surface area contributed by atoms with Crippen LogP contribution in [0.1, 0.15) is 17.0 Å². The molecule has 0 amide bonds. The lowest BCUT2D eigenvalue weighted by Crippen LogP contribution is -2.08. The Morgan fingerprint density at radius 1 is 1.15 bits per heavy atom. The minimum Gasteiger partial charge on any atom is -0.326 e. The third kappa shape index (κ3) is 2.18. The summed E-state index contributed by atoms with van der Waals surface area (Å²) in [5, 5.41) is 0. The summed E-state index contributed by atoms with van der Waals surface area (Å²) in [5.41, 5.74) is 9.63. The maximum atomic E-state index is 13.3. The van der Waals surface area contributed by atoms with Crippen molar-refractivity contribution < 1.29 is 4.39 Å². The average molecular weight is 269 g/mol. The van der Waals surface area contributed by atoms with Crippen LogP contribution < -0.4 is 5.73 Å². The molecule has 0 aliphatic rings. The van der Waals surface area contributed by atoms with E-state index in [9.17, 15) is 4.39 Å². The van der Waals surface area contributed by atoms with Crippen LogP contribution >= 0.6 is 0 Å². The van der Waals surface area contributed by atoms with Crippen molar-refractivity contribution in [1.82, 2.24) is 9.55 Å². The molecule has 3 aromatic rings. The number of aromatic nitrogens is 2. The molecule has 0 aliphatic heterocycles. The minimum atomic E-state index is -0.249. The van der Waals surface area contributed by atoms with Gasteiger partial charge in [0.15, 0.2) is 0 Å². The number of aryl methyl sites for hydroxylation is 1. The van der Waals surface area contributed by atoms with Gasteiger partial charge in [0.1, 0.15) is 11.6 Å². The molecule has 4 heteroatoms. The van der Waals surface area contributed by atoms with Crippen molar-refractivity contribution in [3.8, 4) is 0 Å². The molecular weight excluding hydrogens is 253 g/mol. The van der Waals surface area contributed by atoms with E-state index in [-0.39, 0.29) is 5.82 Å². The predicted octanol–water partition coefficient (Wildman–Crippen LogP) is 2.99. The quantitative estimate of drug-likeness (QED) is 0.794. The van der Waals surface area contributed by atoms with E-state index in [1.54, 1.807) is 6.07 Å². The molecule has 20 heavy (non-hydrogen) atoms. The van der Waals surface area contributed by atoms with Crippen LogP contribution in [-0.2, 0) is 13.1 Å². The molecule has 3 rings (SSSR count). The number of fused-ring (bicyclic) bond motifs is 1. The summed E-state index contributed by atoms with van der Waals surface area (Å²) in [6.45, 7) is 2.96. The Kier molecular flexibility index (Phi) is 3.24. The Morgan fingerprint density at radius 3 is 2.75 bits per heavy atom. The lowest BCUT2D eigenvalue weighted by molar-refractivity contribution is 0.623. The fraction of sp³-hybridized carbons (Fsp3) is 0.188. The van der Waals surface area contributed by atoms with Crippen molar-refractivity contribution in [3.05, 3.63) is 65.2 Å². The molecule has 0 bridgehead atoms. The fourth-order valence-electron chi connectivity index (χ4n) is 2.50. The van der Waals surface area contributed by atoms with E-state index in [1.165, 1.54) is 12.1 Å². The van der Waals surface area contributed by atoms with Gasteiger partial charge in [0.05, 0.1) is 11.0 Å². The maximum absolute atomic E-state index is 13.3. The van der Waals surface area contributed by atoms with Gasteiger partial charge in [-0.3, -0.25) is 0 Å². The second kappa shape index (κ2) is 5.06. The van der Waals surface area contributed by atoms with Gasteiger partial charge >= 0.3 is 0 Å². The first-order valence-corrected chi connectivity index (χ1v) is 6.58. The van der Waals surface area contributed by atoms with Crippen LogP contribution in [0.5, 0.6) is 0 Å². The van der Waals surface area contributed by atoms with E-state index in [0.29, 0.717) is 13.1 Å². The van der Waals surface area contributed by atoms with Crippen LogP contribution in [0.4, 0.5) is 4.39 Å². The summed E-state index contributed by atoms with van der Waals surface area (Å²) in [4.78, 5) is 4.54. The second-order valence-electron chi connectivity index (χ2n) is 4.85. The van der Waals surface area contributed by atoms with Crippen LogP contribution in [0.2, 0.25) is 0 Å². The van der Waals surface area contributed by atoms with Gasteiger partial charge in [-0.1, -0.05) is 18.2 Å². The first-order valence-electron chi connectivity index (χ1n) is 6.58. The van der Waals surface area contributed by atoms with Crippen molar-refractivity contribution in [2.45, 2.75) is 20.0 Å². The third-order valence-corrected chi connectivity index (χ3v) is 3.56. The van der Waals surface area contributed by atoms with Crippen molar-refractivity contribution >= 4 is 11.0 Å². The van der Waals surface area contributed by atoms with Gasteiger partial charge in [0.2, 0.25) is 0 Å². The van der Waals surface area contributed by atoms with Crippen molar-refractivity contribution in [1.29, 1.82) is 0 Å². The molecule has 102 valence electrons. The number of imidazole rings is 1. The highest BCUT2D eigenvalue weighted by Crippen LogP contribution is 2.19. The molecule has 0 radical (unpaired) electrons. The molecule has 2 N–H and O–H groups in total. The van der Waals surface area contributed by atoms with Crippen LogP contribution in [-0.4, -0.2) is 9.55 Å². The zero-order valence-corrected chi connectivity index (χ0v) is 11.3. The Hall–Kier alpha value is -2.20. The summed E-state index contributed by atoms with van der Waals surface area (Å²) >= 11 is 0. The topological polar surface area (TPSA) is 43.8 Å². The fourth-order valence-corrected chi connectivity index (χ4v) is 2.50. The van der Waals surface area contributed by atoms with Gasteiger partial charge in [-0.05, 0) is 42.3 Å². The molecule has 0 unspecified atom stereocenters. The van der Waals surface area contributed by atoms with Crippen LogP contribution in [0.3, 0.4) is 0 Å². The first kappa shape index (κ1) is 12.8. The Bertz CT molecular complexity index is 762. The van der Waals surface area contributed by atoms with Crippen LogP contribution in [0.25, 0.3) is 11.0 Å². The summed E-state index contributed by atoms with van der Waals surface area (Å²) in [6.07, 6.45) is 0. The van der Waals surface area contributed by atoms with Crippen molar-refractivity contribution in [2.24, 2.45) is 5.73 Å². The summed E-state index contributed by atoms with van der Waals surface area (Å²) in [6, 6.07) is 12.8. The first-order chi connectivity index (χ1) is 9.69. The molecule has 0 saturated carbocycles. The molecule has 2 aromatic carbocycles. The molecular formula is C16H16FN3. The summed E-state index contributed by atoms with van der Waals surface area (Å²) < 4.78 is 15.4. The molecule has 0 aliphatic carbocycles. The van der Waals surface area contributed by atoms with Gasteiger partial charge in [0.25, 0.3) is 0 Å². The number of hydrogen-bond donors (Lipinski definition) is 1. The molecule has 0 saturated heterocycles. The Morgan fingerprint density at radius 2 is 1.95 bits per heavy atom. The maximum Gasteiger partial charge on any atom is 0.123 e. The molecule has 1 heterocycles. The second-order valence-corrected chi connectivity index (χ2v) is 4.85. The zero-order valence-electron chi connectivity index (χ0n) is 11.3. The number of para-hydroxylation sites is 2. The van der Waals surface area contributed by atoms with E-state index in [4.69, 9.17) is 5.73 Å². The van der Waals surface area contributed by atoms with Gasteiger partial charge in [0, 0.05) is 13.1 Å². The minimum absolute atomic E-state index is 0.249. The number of hydrogen-bond acceptors (Lipinski definition) is 2. The van der Waals surface area contributed by atoms with Crippen molar-refractivity contribution in [2.75, 3.05) is 0 Å². The predicted molar refractivity (Wildman–Crippen MR) is 77.9 cm³/mol. The lowest BCUT2D eigenvalue weighted by Gasteiger charge is -2.11. The standard InChI is InChI=1S/C16H16FN3/c1-11-19-15-4-2-3-5-16(15)20(11)10-12-6-7-14(17)8-13(12)9-18/h2-8H,9-10,18H2,1H3. The highest BCUT2D eigenvalue weighted by atomic mass is 19.1. The number of halogens is 1.